The van der Waals surface area contributed by atoms with Gasteiger partial charge in [-0.25, -0.2) is 0 Å². The minimum atomic E-state index is 0. The second-order valence-electron chi connectivity index (χ2n) is 7.03. The summed E-state index contributed by atoms with van der Waals surface area (Å²) in [6, 6.07) is 6.25. The second kappa shape index (κ2) is 13.5. The monoisotopic (exact) mass is 529 g/mol. The molecule has 2 rings (SSSR count). The van der Waals surface area contributed by atoms with Crippen LogP contribution in [0, 0.1) is 20.8 Å². The minimum Gasteiger partial charge on any atom is -0.491 e. The first-order valence-corrected chi connectivity index (χ1v) is 10.2. The summed E-state index contributed by atoms with van der Waals surface area (Å²) in [5.74, 6) is 1.65. The fourth-order valence-corrected chi connectivity index (χ4v) is 3.18. The van der Waals surface area contributed by atoms with E-state index in [2.05, 4.69) is 59.7 Å². The van der Waals surface area contributed by atoms with Crippen LogP contribution in [0.2, 0.25) is 0 Å². The van der Waals surface area contributed by atoms with Crippen molar-refractivity contribution in [3.63, 3.8) is 0 Å². The zero-order valence-corrected chi connectivity index (χ0v) is 21.4. The average molecular weight is 529 g/mol. The molecule has 0 unspecified atom stereocenters. The highest BCUT2D eigenvalue weighted by molar-refractivity contribution is 14.0. The number of halogens is 1. The van der Waals surface area contributed by atoms with Crippen molar-refractivity contribution in [3.8, 4) is 5.75 Å². The van der Waals surface area contributed by atoms with E-state index in [0.717, 1.165) is 35.9 Å². The summed E-state index contributed by atoms with van der Waals surface area (Å²) in [6.07, 6.45) is 0.905. The molecule has 0 saturated heterocycles. The van der Waals surface area contributed by atoms with Crippen LogP contribution >= 0.6 is 24.0 Å². The Labute approximate surface area is 197 Å². The quantitative estimate of drug-likeness (QED) is 0.214. The average Bonchev–Trinajstić information content (AvgIpc) is 2.94. The summed E-state index contributed by atoms with van der Waals surface area (Å²) >= 11 is 0. The third-order valence-electron chi connectivity index (χ3n) is 4.91. The van der Waals surface area contributed by atoms with Gasteiger partial charge in [-0.3, -0.25) is 9.67 Å². The maximum Gasteiger partial charge on any atom is 0.191 e. The lowest BCUT2D eigenvalue weighted by Gasteiger charge is -2.15. The van der Waals surface area contributed by atoms with Crippen LogP contribution < -0.4 is 15.4 Å². The van der Waals surface area contributed by atoms with Crippen LogP contribution in [0.1, 0.15) is 35.0 Å². The standard InChI is InChI=1S/C22H35N5O2.HI/c1-7-28-12-13-29-21-14-16(2)8-9-19(21)15-25-22(23-5)24-11-10-20-17(3)26-27(6)18(20)4;/h8-9,14H,7,10-13,15H2,1-6H3,(H2,23,24,25);1H. The fourth-order valence-electron chi connectivity index (χ4n) is 3.18. The number of nitrogens with one attached hydrogen (secondary N) is 2. The van der Waals surface area contributed by atoms with Crippen LogP contribution in [0.15, 0.2) is 23.2 Å². The van der Waals surface area contributed by atoms with E-state index in [0.29, 0.717) is 26.4 Å². The first-order chi connectivity index (χ1) is 14.0. The number of nitrogens with zero attached hydrogens (tertiary/aromatic N) is 3. The van der Waals surface area contributed by atoms with E-state index in [-0.39, 0.29) is 24.0 Å². The molecule has 30 heavy (non-hydrogen) atoms. The zero-order valence-electron chi connectivity index (χ0n) is 19.0. The van der Waals surface area contributed by atoms with Gasteiger partial charge in [-0.1, -0.05) is 12.1 Å². The lowest BCUT2D eigenvalue weighted by Crippen LogP contribution is -2.38. The van der Waals surface area contributed by atoms with E-state index in [1.54, 1.807) is 7.05 Å². The Morgan fingerprint density at radius 2 is 1.93 bits per heavy atom. The Morgan fingerprint density at radius 3 is 2.57 bits per heavy atom. The molecule has 2 N–H and O–H groups in total. The molecule has 0 amide bonds. The molecule has 8 heteroatoms. The van der Waals surface area contributed by atoms with Crippen molar-refractivity contribution in [2.45, 2.75) is 40.7 Å². The molecule has 0 fully saturated rings. The highest BCUT2D eigenvalue weighted by Crippen LogP contribution is 2.20. The van der Waals surface area contributed by atoms with Crippen LogP contribution in [0.4, 0.5) is 0 Å². The van der Waals surface area contributed by atoms with Gasteiger partial charge in [0.2, 0.25) is 0 Å². The van der Waals surface area contributed by atoms with E-state index in [1.807, 2.05) is 18.7 Å². The van der Waals surface area contributed by atoms with Crippen LogP contribution in [0.3, 0.4) is 0 Å². The second-order valence-corrected chi connectivity index (χ2v) is 7.03. The molecule has 0 saturated carbocycles. The zero-order chi connectivity index (χ0) is 21.2. The van der Waals surface area contributed by atoms with E-state index in [9.17, 15) is 0 Å². The van der Waals surface area contributed by atoms with Gasteiger partial charge < -0.3 is 20.1 Å². The third kappa shape index (κ3) is 7.79. The molecule has 0 aliphatic rings. The van der Waals surface area contributed by atoms with Gasteiger partial charge in [0.15, 0.2) is 5.96 Å². The molecule has 1 aromatic carbocycles. The van der Waals surface area contributed by atoms with Gasteiger partial charge in [0.25, 0.3) is 0 Å². The van der Waals surface area contributed by atoms with Crippen LogP contribution in [-0.2, 0) is 24.8 Å². The Balaban J connectivity index is 0.00000450. The number of rotatable bonds is 10. The molecule has 0 atom stereocenters. The van der Waals surface area contributed by atoms with Crippen molar-refractivity contribution in [2.75, 3.05) is 33.4 Å². The summed E-state index contributed by atoms with van der Waals surface area (Å²) in [6.45, 7) is 11.5. The summed E-state index contributed by atoms with van der Waals surface area (Å²) in [5.41, 5.74) is 5.85. The molecule has 0 aliphatic carbocycles. The van der Waals surface area contributed by atoms with Gasteiger partial charge in [-0.05, 0) is 51.3 Å². The minimum absolute atomic E-state index is 0. The molecule has 0 bridgehead atoms. The molecule has 168 valence electrons. The molecule has 1 aromatic heterocycles. The number of benzene rings is 1. The highest BCUT2D eigenvalue weighted by atomic mass is 127. The Kier molecular flexibility index (Phi) is 11.8. The van der Waals surface area contributed by atoms with E-state index >= 15 is 0 Å². The number of aromatic nitrogens is 2. The third-order valence-corrected chi connectivity index (χ3v) is 4.91. The molecular weight excluding hydrogens is 493 g/mol. The van der Waals surface area contributed by atoms with Gasteiger partial charge in [0, 0.05) is 45.0 Å². The number of guanidine groups is 1. The van der Waals surface area contributed by atoms with Crippen molar-refractivity contribution >= 4 is 29.9 Å². The summed E-state index contributed by atoms with van der Waals surface area (Å²) in [7, 11) is 3.76. The van der Waals surface area contributed by atoms with Gasteiger partial charge in [0.1, 0.15) is 12.4 Å². The molecule has 2 aromatic rings. The van der Waals surface area contributed by atoms with E-state index in [1.165, 1.54) is 16.8 Å². The maximum atomic E-state index is 5.92. The molecular formula is C22H36IN5O2. The van der Waals surface area contributed by atoms with Crippen molar-refractivity contribution in [1.82, 2.24) is 20.4 Å². The number of hydrogen-bond acceptors (Lipinski definition) is 4. The molecule has 1 heterocycles. The number of hydrogen-bond donors (Lipinski definition) is 2. The van der Waals surface area contributed by atoms with Crippen molar-refractivity contribution in [1.29, 1.82) is 0 Å². The van der Waals surface area contributed by atoms with Crippen LogP contribution in [0.25, 0.3) is 0 Å². The lowest BCUT2D eigenvalue weighted by molar-refractivity contribution is 0.110. The molecule has 0 radical (unpaired) electrons. The van der Waals surface area contributed by atoms with E-state index in [4.69, 9.17) is 9.47 Å². The van der Waals surface area contributed by atoms with Gasteiger partial charge in [-0.2, -0.15) is 5.10 Å². The maximum absolute atomic E-state index is 5.92. The molecule has 7 nitrogen and oxygen atoms in total. The topological polar surface area (TPSA) is 72.7 Å². The first-order valence-electron chi connectivity index (χ1n) is 10.2. The van der Waals surface area contributed by atoms with Crippen molar-refractivity contribution < 1.29 is 9.47 Å². The number of aryl methyl sites for hydroxylation is 3. The summed E-state index contributed by atoms with van der Waals surface area (Å²) in [5, 5.41) is 11.2. The predicted octanol–water partition coefficient (Wildman–Crippen LogP) is 3.29. The molecule has 0 aliphatic heterocycles. The van der Waals surface area contributed by atoms with Gasteiger partial charge >= 0.3 is 0 Å². The number of ether oxygens (including phenoxy) is 2. The normalized spacial score (nSPS) is 11.2. The van der Waals surface area contributed by atoms with Crippen molar-refractivity contribution in [3.05, 3.63) is 46.3 Å². The van der Waals surface area contributed by atoms with Crippen LogP contribution in [-0.4, -0.2) is 49.2 Å². The lowest BCUT2D eigenvalue weighted by atomic mass is 10.1. The molecule has 0 spiro atoms. The predicted molar refractivity (Wildman–Crippen MR) is 133 cm³/mol. The van der Waals surface area contributed by atoms with E-state index < -0.39 is 0 Å². The Hall–Kier alpha value is -1.81. The van der Waals surface area contributed by atoms with Crippen molar-refractivity contribution in [2.24, 2.45) is 12.0 Å². The Morgan fingerprint density at radius 1 is 1.17 bits per heavy atom. The summed E-state index contributed by atoms with van der Waals surface area (Å²) in [4.78, 5) is 4.33. The summed E-state index contributed by atoms with van der Waals surface area (Å²) < 4.78 is 13.2. The SMILES string of the molecule is CCOCCOc1cc(C)ccc1CNC(=NC)NCCc1c(C)nn(C)c1C.I. The first kappa shape index (κ1) is 26.2. The largest absolute Gasteiger partial charge is 0.491 e. The fraction of sp³-hybridized carbons (Fsp3) is 0.545. The van der Waals surface area contributed by atoms with Gasteiger partial charge in [-0.15, -0.1) is 24.0 Å². The smallest absolute Gasteiger partial charge is 0.191 e. The Bertz CT molecular complexity index is 820. The number of aliphatic imine (C=N–C) groups is 1. The van der Waals surface area contributed by atoms with Crippen LogP contribution in [0.5, 0.6) is 5.75 Å². The highest BCUT2D eigenvalue weighted by Gasteiger charge is 2.10. The van der Waals surface area contributed by atoms with Gasteiger partial charge in [0.05, 0.1) is 12.3 Å².